The molecule has 2 nitrogen and oxygen atoms in total. The maximum atomic E-state index is 5.18. The molecule has 0 radical (unpaired) electrons. The summed E-state index contributed by atoms with van der Waals surface area (Å²) in [6.07, 6.45) is 8.12. The third-order valence-electron chi connectivity index (χ3n) is 2.53. The van der Waals surface area contributed by atoms with Crippen molar-refractivity contribution in [3.05, 3.63) is 0 Å². The van der Waals surface area contributed by atoms with Crippen molar-refractivity contribution in [3.8, 4) is 0 Å². The highest BCUT2D eigenvalue weighted by Crippen LogP contribution is 2.26. The molecule has 1 saturated carbocycles. The Hall–Kier alpha value is -0.530. The maximum absolute atomic E-state index is 5.18. The van der Waals surface area contributed by atoms with Gasteiger partial charge in [-0.3, -0.25) is 0 Å². The first-order valence-electron chi connectivity index (χ1n) is 4.56. The van der Waals surface area contributed by atoms with Gasteiger partial charge in [0.2, 0.25) is 0 Å². The van der Waals surface area contributed by atoms with E-state index in [0.29, 0.717) is 0 Å². The lowest BCUT2D eigenvalue weighted by molar-refractivity contribution is 0.367. The van der Waals surface area contributed by atoms with Gasteiger partial charge in [-0.05, 0) is 19.3 Å². The normalized spacial score (nSPS) is 22.1. The molecule has 0 aliphatic heterocycles. The van der Waals surface area contributed by atoms with Crippen LogP contribution in [-0.2, 0) is 0 Å². The second-order valence-corrected chi connectivity index (χ2v) is 3.57. The van der Waals surface area contributed by atoms with Crippen molar-refractivity contribution >= 4 is 5.71 Å². The van der Waals surface area contributed by atoms with Crippen LogP contribution < -0.4 is 5.84 Å². The molecule has 0 saturated heterocycles. The van der Waals surface area contributed by atoms with E-state index < -0.39 is 0 Å². The van der Waals surface area contributed by atoms with Crippen LogP contribution in [0.1, 0.15) is 45.4 Å². The van der Waals surface area contributed by atoms with Crippen molar-refractivity contribution in [2.75, 3.05) is 0 Å². The van der Waals surface area contributed by atoms with Gasteiger partial charge in [-0.25, -0.2) is 0 Å². The molecule has 2 heteroatoms. The van der Waals surface area contributed by atoms with Gasteiger partial charge in [-0.1, -0.05) is 32.1 Å². The summed E-state index contributed by atoms with van der Waals surface area (Å²) < 4.78 is 0. The molecule has 0 unspecified atom stereocenters. The molecule has 0 spiro atoms. The van der Waals surface area contributed by atoms with Crippen molar-refractivity contribution in [1.29, 1.82) is 0 Å². The van der Waals surface area contributed by atoms with E-state index >= 15 is 0 Å². The summed E-state index contributed by atoms with van der Waals surface area (Å²) in [6, 6.07) is 0. The Morgan fingerprint density at radius 2 is 2.00 bits per heavy atom. The lowest BCUT2D eigenvalue weighted by Crippen LogP contribution is -2.11. The minimum atomic E-state index is 0.871. The zero-order valence-electron chi connectivity index (χ0n) is 7.34. The van der Waals surface area contributed by atoms with Crippen LogP contribution in [0.4, 0.5) is 0 Å². The highest BCUT2D eigenvalue weighted by atomic mass is 15.1. The monoisotopic (exact) mass is 154 g/mol. The molecule has 0 aromatic rings. The molecule has 1 aliphatic carbocycles. The first-order valence-corrected chi connectivity index (χ1v) is 4.56. The van der Waals surface area contributed by atoms with E-state index in [4.69, 9.17) is 5.84 Å². The van der Waals surface area contributed by atoms with Gasteiger partial charge in [0, 0.05) is 5.71 Å². The quantitative estimate of drug-likeness (QED) is 0.370. The number of rotatable bonds is 2. The minimum Gasteiger partial charge on any atom is -0.323 e. The fraction of sp³-hybridized carbons (Fsp3) is 0.889. The first-order chi connectivity index (χ1) is 5.33. The molecule has 0 aromatic carbocycles. The highest BCUT2D eigenvalue weighted by molar-refractivity contribution is 5.81. The van der Waals surface area contributed by atoms with E-state index in [2.05, 4.69) is 5.10 Å². The van der Waals surface area contributed by atoms with Gasteiger partial charge in [0.05, 0.1) is 0 Å². The summed E-state index contributed by atoms with van der Waals surface area (Å²) in [5.41, 5.74) is 1.11. The molecule has 2 N–H and O–H groups in total. The summed E-state index contributed by atoms with van der Waals surface area (Å²) in [6.45, 7) is 2.02. The topological polar surface area (TPSA) is 38.4 Å². The number of nitrogens with two attached hydrogens (primary N) is 1. The molecule has 11 heavy (non-hydrogen) atoms. The predicted molar refractivity (Wildman–Crippen MR) is 48.5 cm³/mol. The number of hydrogen-bond donors (Lipinski definition) is 1. The van der Waals surface area contributed by atoms with Crippen molar-refractivity contribution in [2.45, 2.75) is 45.4 Å². The first kappa shape index (κ1) is 8.57. The van der Waals surface area contributed by atoms with E-state index in [1.54, 1.807) is 0 Å². The number of hydrazone groups is 1. The Morgan fingerprint density at radius 1 is 1.36 bits per heavy atom. The van der Waals surface area contributed by atoms with E-state index in [0.717, 1.165) is 18.1 Å². The molecular weight excluding hydrogens is 136 g/mol. The highest BCUT2D eigenvalue weighted by Gasteiger charge is 2.13. The molecule has 0 atom stereocenters. The third-order valence-corrected chi connectivity index (χ3v) is 2.53. The van der Waals surface area contributed by atoms with Gasteiger partial charge < -0.3 is 5.84 Å². The van der Waals surface area contributed by atoms with Crippen LogP contribution in [0.25, 0.3) is 0 Å². The summed E-state index contributed by atoms with van der Waals surface area (Å²) in [4.78, 5) is 0. The van der Waals surface area contributed by atoms with Crippen molar-refractivity contribution in [1.82, 2.24) is 0 Å². The Morgan fingerprint density at radius 3 is 2.55 bits per heavy atom. The maximum Gasteiger partial charge on any atom is 0.0347 e. The minimum absolute atomic E-state index is 0.871. The van der Waals surface area contributed by atoms with Crippen LogP contribution in [0.3, 0.4) is 0 Å². The summed E-state index contributed by atoms with van der Waals surface area (Å²) >= 11 is 0. The lowest BCUT2D eigenvalue weighted by Gasteiger charge is -2.20. The van der Waals surface area contributed by atoms with Crippen LogP contribution in [0.5, 0.6) is 0 Å². The van der Waals surface area contributed by atoms with Crippen LogP contribution in [0.15, 0.2) is 5.10 Å². The number of hydrogen-bond acceptors (Lipinski definition) is 2. The van der Waals surface area contributed by atoms with Crippen molar-refractivity contribution in [3.63, 3.8) is 0 Å². The van der Waals surface area contributed by atoms with Gasteiger partial charge in [-0.15, -0.1) is 0 Å². The Kier molecular flexibility index (Phi) is 3.40. The molecular formula is C9H18N2. The standard InChI is InChI=1S/C9H18N2/c1-8(11-10)7-9-5-3-2-4-6-9/h9H,2-7,10H2,1H3. The van der Waals surface area contributed by atoms with Gasteiger partial charge in [0.25, 0.3) is 0 Å². The van der Waals surface area contributed by atoms with Crippen LogP contribution in [0, 0.1) is 5.92 Å². The fourth-order valence-corrected chi connectivity index (χ4v) is 1.86. The van der Waals surface area contributed by atoms with Crippen LogP contribution in [-0.4, -0.2) is 5.71 Å². The number of nitrogens with zero attached hydrogens (tertiary/aromatic N) is 1. The molecule has 0 heterocycles. The average Bonchev–Trinajstić information content (AvgIpc) is 2.06. The molecule has 1 aliphatic rings. The van der Waals surface area contributed by atoms with E-state index in [1.165, 1.54) is 32.1 Å². The summed E-state index contributed by atoms with van der Waals surface area (Å²) in [5, 5.41) is 3.70. The van der Waals surface area contributed by atoms with Gasteiger partial charge in [0.15, 0.2) is 0 Å². The summed E-state index contributed by atoms with van der Waals surface area (Å²) in [5.74, 6) is 6.05. The van der Waals surface area contributed by atoms with Gasteiger partial charge in [0.1, 0.15) is 0 Å². The van der Waals surface area contributed by atoms with E-state index in [9.17, 15) is 0 Å². The Balaban J connectivity index is 2.24. The van der Waals surface area contributed by atoms with Crippen LogP contribution >= 0.6 is 0 Å². The lowest BCUT2D eigenvalue weighted by atomic mass is 9.86. The second kappa shape index (κ2) is 4.37. The molecule has 0 aromatic heterocycles. The fourth-order valence-electron chi connectivity index (χ4n) is 1.86. The van der Waals surface area contributed by atoms with Crippen LogP contribution in [0.2, 0.25) is 0 Å². The predicted octanol–water partition coefficient (Wildman–Crippen LogP) is 2.29. The van der Waals surface area contributed by atoms with Crippen molar-refractivity contribution < 1.29 is 0 Å². The SMILES string of the molecule is CC(CC1CCCCC1)=NN. The smallest absolute Gasteiger partial charge is 0.0347 e. The Bertz CT molecular complexity index is 134. The molecule has 0 amide bonds. The van der Waals surface area contributed by atoms with E-state index in [1.807, 2.05) is 6.92 Å². The van der Waals surface area contributed by atoms with E-state index in [-0.39, 0.29) is 0 Å². The molecule has 0 bridgehead atoms. The second-order valence-electron chi connectivity index (χ2n) is 3.57. The molecule has 1 rings (SSSR count). The Labute approximate surface area is 68.9 Å². The molecule has 1 fully saturated rings. The largest absolute Gasteiger partial charge is 0.323 e. The van der Waals surface area contributed by atoms with Crippen molar-refractivity contribution in [2.24, 2.45) is 16.9 Å². The van der Waals surface area contributed by atoms with Gasteiger partial charge >= 0.3 is 0 Å². The zero-order valence-corrected chi connectivity index (χ0v) is 7.34. The zero-order chi connectivity index (χ0) is 8.10. The third kappa shape index (κ3) is 2.91. The summed E-state index contributed by atoms with van der Waals surface area (Å²) in [7, 11) is 0. The average molecular weight is 154 g/mol. The molecule has 64 valence electrons. The van der Waals surface area contributed by atoms with Gasteiger partial charge in [-0.2, -0.15) is 5.10 Å².